The Balaban J connectivity index is 2.11. The van der Waals surface area contributed by atoms with Gasteiger partial charge in [0.1, 0.15) is 11.9 Å². The van der Waals surface area contributed by atoms with Crippen molar-refractivity contribution in [3.63, 3.8) is 0 Å². The van der Waals surface area contributed by atoms with Crippen LogP contribution in [-0.4, -0.2) is 47.0 Å². The number of hydrogen-bond acceptors (Lipinski definition) is 3. The van der Waals surface area contributed by atoms with Gasteiger partial charge in [0.15, 0.2) is 0 Å². The molecular formula is C17H21FN4O. The van der Waals surface area contributed by atoms with E-state index in [9.17, 15) is 14.4 Å². The first-order valence-electron chi connectivity index (χ1n) is 7.88. The summed E-state index contributed by atoms with van der Waals surface area (Å²) >= 11 is 0. The molecule has 1 saturated heterocycles. The summed E-state index contributed by atoms with van der Waals surface area (Å²) in [5, 5.41) is 9.41. The number of amides is 2. The molecule has 122 valence electrons. The van der Waals surface area contributed by atoms with E-state index < -0.39 is 5.82 Å². The van der Waals surface area contributed by atoms with Gasteiger partial charge in [-0.15, -0.1) is 0 Å². The molecule has 0 N–H and O–H groups in total. The lowest BCUT2D eigenvalue weighted by atomic mass is 9.96. The molecule has 2 heterocycles. The third-order valence-electron chi connectivity index (χ3n) is 4.12. The molecule has 1 aliphatic rings. The highest BCUT2D eigenvalue weighted by Crippen LogP contribution is 2.26. The average Bonchev–Trinajstić information content (AvgIpc) is 2.59. The van der Waals surface area contributed by atoms with Gasteiger partial charge in [0, 0.05) is 26.2 Å². The fourth-order valence-corrected chi connectivity index (χ4v) is 2.75. The van der Waals surface area contributed by atoms with Gasteiger partial charge in [-0.2, -0.15) is 5.26 Å². The number of rotatable bonds is 3. The Kier molecular flexibility index (Phi) is 5.69. The van der Waals surface area contributed by atoms with E-state index in [-0.39, 0.29) is 6.03 Å². The fraction of sp³-hybridized carbons (Fsp3) is 0.471. The molecule has 0 unspecified atom stereocenters. The van der Waals surface area contributed by atoms with Crippen molar-refractivity contribution in [2.45, 2.75) is 26.7 Å². The fourth-order valence-electron chi connectivity index (χ4n) is 2.75. The van der Waals surface area contributed by atoms with E-state index in [1.165, 1.54) is 12.1 Å². The molecule has 0 spiro atoms. The SMILES string of the molecule is CCN(CC)C(=O)N1CCC(=C(C#N)c2ccc(F)cn2)CC1. The van der Waals surface area contributed by atoms with E-state index in [0.29, 0.717) is 50.3 Å². The molecule has 0 bridgehead atoms. The van der Waals surface area contributed by atoms with E-state index in [1.807, 2.05) is 18.7 Å². The predicted molar refractivity (Wildman–Crippen MR) is 85.9 cm³/mol. The largest absolute Gasteiger partial charge is 0.325 e. The molecule has 2 rings (SSSR count). The third kappa shape index (κ3) is 3.86. The minimum absolute atomic E-state index is 0.0486. The number of allylic oxidation sites excluding steroid dienone is 1. The number of halogens is 1. The van der Waals surface area contributed by atoms with E-state index in [4.69, 9.17) is 0 Å². The second kappa shape index (κ2) is 7.73. The number of carbonyl (C=O) groups excluding carboxylic acids is 1. The molecule has 2 amide bonds. The Hall–Kier alpha value is -2.42. The van der Waals surface area contributed by atoms with Crippen molar-refractivity contribution >= 4 is 11.6 Å². The summed E-state index contributed by atoms with van der Waals surface area (Å²) < 4.78 is 13.0. The van der Waals surface area contributed by atoms with Crippen LogP contribution in [0, 0.1) is 17.1 Å². The number of carbonyl (C=O) groups is 1. The van der Waals surface area contributed by atoms with Gasteiger partial charge in [0.05, 0.1) is 17.5 Å². The van der Waals surface area contributed by atoms with Gasteiger partial charge in [-0.25, -0.2) is 9.18 Å². The molecule has 1 aromatic heterocycles. The molecule has 6 heteroatoms. The summed E-state index contributed by atoms with van der Waals surface area (Å²) in [6.07, 6.45) is 2.41. The van der Waals surface area contributed by atoms with Crippen LogP contribution in [0.15, 0.2) is 23.9 Å². The minimum atomic E-state index is -0.421. The lowest BCUT2D eigenvalue weighted by Gasteiger charge is -2.33. The normalized spacial score (nSPS) is 14.3. The first kappa shape index (κ1) is 16.9. The summed E-state index contributed by atoms with van der Waals surface area (Å²) in [4.78, 5) is 19.9. The lowest BCUT2D eigenvalue weighted by Crippen LogP contribution is -2.45. The van der Waals surface area contributed by atoms with Crippen molar-refractivity contribution in [1.29, 1.82) is 5.26 Å². The quantitative estimate of drug-likeness (QED) is 0.805. The highest BCUT2D eigenvalue weighted by atomic mass is 19.1. The number of pyridine rings is 1. The summed E-state index contributed by atoms with van der Waals surface area (Å²) in [6, 6.07) is 5.05. The molecule has 0 atom stereocenters. The van der Waals surface area contributed by atoms with Crippen molar-refractivity contribution in [1.82, 2.24) is 14.8 Å². The molecular weight excluding hydrogens is 295 g/mol. The Bertz CT molecular complexity index is 619. The number of piperidine rings is 1. The molecule has 0 aliphatic carbocycles. The van der Waals surface area contributed by atoms with Gasteiger partial charge in [-0.3, -0.25) is 4.98 Å². The van der Waals surface area contributed by atoms with Crippen LogP contribution in [0.4, 0.5) is 9.18 Å². The highest BCUT2D eigenvalue weighted by molar-refractivity contribution is 5.78. The second-order valence-electron chi connectivity index (χ2n) is 5.39. The highest BCUT2D eigenvalue weighted by Gasteiger charge is 2.24. The van der Waals surface area contributed by atoms with Crippen LogP contribution in [0.2, 0.25) is 0 Å². The van der Waals surface area contributed by atoms with Crippen molar-refractivity contribution in [2.24, 2.45) is 0 Å². The van der Waals surface area contributed by atoms with E-state index in [0.717, 1.165) is 11.8 Å². The molecule has 23 heavy (non-hydrogen) atoms. The standard InChI is InChI=1S/C17H21FN4O/c1-3-21(4-2)17(23)22-9-7-13(8-10-22)15(11-19)16-6-5-14(18)12-20-16/h5-6,12H,3-4,7-10H2,1-2H3. The molecule has 0 radical (unpaired) electrons. The van der Waals surface area contributed by atoms with Gasteiger partial charge >= 0.3 is 6.03 Å². The molecule has 1 fully saturated rings. The van der Waals surface area contributed by atoms with Crippen LogP contribution in [-0.2, 0) is 0 Å². The lowest BCUT2D eigenvalue weighted by molar-refractivity contribution is 0.154. The predicted octanol–water partition coefficient (Wildman–Crippen LogP) is 3.06. The van der Waals surface area contributed by atoms with Crippen molar-refractivity contribution in [3.05, 3.63) is 35.4 Å². The van der Waals surface area contributed by atoms with Crippen LogP contribution >= 0.6 is 0 Å². The third-order valence-corrected chi connectivity index (χ3v) is 4.12. The monoisotopic (exact) mass is 316 g/mol. The summed E-state index contributed by atoms with van der Waals surface area (Å²) in [7, 11) is 0. The van der Waals surface area contributed by atoms with Gasteiger partial charge in [0.2, 0.25) is 0 Å². The zero-order valence-electron chi connectivity index (χ0n) is 13.5. The smallest absolute Gasteiger partial charge is 0.319 e. The summed E-state index contributed by atoms with van der Waals surface area (Å²) in [6.45, 7) is 6.50. The van der Waals surface area contributed by atoms with Crippen LogP contribution < -0.4 is 0 Å². The number of nitrogens with zero attached hydrogens (tertiary/aromatic N) is 4. The number of likely N-dealkylation sites (tertiary alicyclic amines) is 1. The van der Waals surface area contributed by atoms with Gasteiger partial charge < -0.3 is 9.80 Å². The van der Waals surface area contributed by atoms with Crippen molar-refractivity contribution < 1.29 is 9.18 Å². The summed E-state index contributed by atoms with van der Waals surface area (Å²) in [5.74, 6) is -0.421. The molecule has 1 aromatic rings. The Morgan fingerprint density at radius 1 is 1.35 bits per heavy atom. The summed E-state index contributed by atoms with van der Waals surface area (Å²) in [5.41, 5.74) is 1.97. The van der Waals surface area contributed by atoms with Gasteiger partial charge in [-0.1, -0.05) is 0 Å². The molecule has 5 nitrogen and oxygen atoms in total. The maximum Gasteiger partial charge on any atom is 0.319 e. The Morgan fingerprint density at radius 2 is 2.00 bits per heavy atom. The van der Waals surface area contributed by atoms with Gasteiger partial charge in [0.25, 0.3) is 0 Å². The maximum atomic E-state index is 13.0. The first-order chi connectivity index (χ1) is 11.1. The average molecular weight is 316 g/mol. The molecule has 0 aromatic carbocycles. The van der Waals surface area contributed by atoms with Crippen LogP contribution in [0.5, 0.6) is 0 Å². The number of urea groups is 1. The Labute approximate surface area is 136 Å². The van der Waals surface area contributed by atoms with E-state index in [2.05, 4.69) is 11.1 Å². The van der Waals surface area contributed by atoms with Crippen LogP contribution in [0.3, 0.4) is 0 Å². The van der Waals surface area contributed by atoms with Crippen molar-refractivity contribution in [2.75, 3.05) is 26.2 Å². The topological polar surface area (TPSA) is 60.2 Å². The molecule has 0 saturated carbocycles. The minimum Gasteiger partial charge on any atom is -0.325 e. The second-order valence-corrected chi connectivity index (χ2v) is 5.39. The van der Waals surface area contributed by atoms with E-state index in [1.54, 1.807) is 4.90 Å². The van der Waals surface area contributed by atoms with E-state index >= 15 is 0 Å². The van der Waals surface area contributed by atoms with Crippen LogP contribution in [0.25, 0.3) is 5.57 Å². The molecule has 1 aliphatic heterocycles. The number of aromatic nitrogens is 1. The maximum absolute atomic E-state index is 13.0. The number of nitriles is 1. The van der Waals surface area contributed by atoms with Crippen LogP contribution in [0.1, 0.15) is 32.4 Å². The zero-order valence-corrected chi connectivity index (χ0v) is 13.5. The van der Waals surface area contributed by atoms with Gasteiger partial charge in [-0.05, 0) is 44.4 Å². The Morgan fingerprint density at radius 3 is 2.48 bits per heavy atom. The van der Waals surface area contributed by atoms with Crippen molar-refractivity contribution in [3.8, 4) is 6.07 Å². The first-order valence-corrected chi connectivity index (χ1v) is 7.88. The zero-order chi connectivity index (χ0) is 16.8. The number of hydrogen-bond donors (Lipinski definition) is 0.